The Bertz CT molecular complexity index is 571. The molecule has 27 heavy (non-hydrogen) atoms. The van der Waals surface area contributed by atoms with Gasteiger partial charge in [0.2, 0.25) is 0 Å². The molecule has 0 amide bonds. The molecular formula is C15H20F8O4. The maximum atomic E-state index is 14.7. The summed E-state index contributed by atoms with van der Waals surface area (Å²) in [5.74, 6) is -12.3. The number of hydrogen-bond acceptors (Lipinski definition) is 4. The SMILES string of the molecule is CCC(C)(C)C(=O)OC1(CC)CC(C(F)(F)F)OC(O)(C(F)(F)F)C1(F)F. The van der Waals surface area contributed by atoms with Crippen molar-refractivity contribution in [1.82, 2.24) is 0 Å². The first-order valence-electron chi connectivity index (χ1n) is 7.96. The first-order chi connectivity index (χ1) is 11.8. The molecule has 1 saturated heterocycles. The first-order valence-corrected chi connectivity index (χ1v) is 7.96. The van der Waals surface area contributed by atoms with Gasteiger partial charge in [-0.15, -0.1) is 0 Å². The van der Waals surface area contributed by atoms with E-state index in [4.69, 9.17) is 0 Å². The quantitative estimate of drug-likeness (QED) is 0.547. The molecule has 12 heteroatoms. The van der Waals surface area contributed by atoms with Crippen molar-refractivity contribution in [2.45, 2.75) is 82.7 Å². The number of hydrogen-bond donors (Lipinski definition) is 1. The minimum Gasteiger partial charge on any atom is -0.452 e. The summed E-state index contributed by atoms with van der Waals surface area (Å²) in [6.45, 7) is 4.74. The van der Waals surface area contributed by atoms with Crippen LogP contribution in [0.5, 0.6) is 0 Å². The molecule has 1 rings (SSSR count). The minimum atomic E-state index is -6.30. The standard InChI is InChI=1S/C15H20F8O4/c1-5-10(3,4)9(24)27-11(6-2)7-8(12(16,17)18)26-14(25,13(11,19)20)15(21,22)23/h8,25H,5-7H2,1-4H3. The highest BCUT2D eigenvalue weighted by molar-refractivity contribution is 5.76. The van der Waals surface area contributed by atoms with E-state index in [-0.39, 0.29) is 6.42 Å². The van der Waals surface area contributed by atoms with Crippen molar-refractivity contribution in [1.29, 1.82) is 0 Å². The van der Waals surface area contributed by atoms with Gasteiger partial charge in [-0.2, -0.15) is 35.1 Å². The van der Waals surface area contributed by atoms with Crippen LogP contribution in [0.4, 0.5) is 35.1 Å². The molecule has 0 aromatic heterocycles. The molecule has 0 saturated carbocycles. The number of esters is 1. The fraction of sp³-hybridized carbons (Fsp3) is 0.933. The van der Waals surface area contributed by atoms with Gasteiger partial charge < -0.3 is 14.6 Å². The van der Waals surface area contributed by atoms with E-state index in [0.717, 1.165) is 6.92 Å². The van der Waals surface area contributed by atoms with E-state index in [2.05, 4.69) is 9.47 Å². The van der Waals surface area contributed by atoms with E-state index in [1.807, 2.05) is 0 Å². The number of carbonyl (C=O) groups excluding carboxylic acids is 1. The molecule has 160 valence electrons. The first kappa shape index (κ1) is 23.9. The van der Waals surface area contributed by atoms with Gasteiger partial charge in [0.05, 0.1) is 5.41 Å². The highest BCUT2D eigenvalue weighted by atomic mass is 19.4. The summed E-state index contributed by atoms with van der Waals surface area (Å²) < 4.78 is 116. The Hall–Kier alpha value is -1.17. The third-order valence-electron chi connectivity index (χ3n) is 4.87. The van der Waals surface area contributed by atoms with Crippen LogP contribution in [-0.4, -0.2) is 46.8 Å². The lowest BCUT2D eigenvalue weighted by atomic mass is 9.78. The van der Waals surface area contributed by atoms with Gasteiger partial charge in [-0.05, 0) is 26.7 Å². The van der Waals surface area contributed by atoms with Crippen molar-refractivity contribution in [2.24, 2.45) is 5.41 Å². The Balaban J connectivity index is 3.60. The molecule has 1 aliphatic rings. The summed E-state index contributed by atoms with van der Waals surface area (Å²) in [4.78, 5) is 12.2. The number of ether oxygens (including phenoxy) is 2. The third kappa shape index (κ3) is 3.74. The molecule has 1 fully saturated rings. The Kier molecular flexibility index (Phi) is 5.93. The van der Waals surface area contributed by atoms with Crippen molar-refractivity contribution in [3.63, 3.8) is 0 Å². The molecule has 3 atom stereocenters. The monoisotopic (exact) mass is 416 g/mol. The van der Waals surface area contributed by atoms with E-state index < -0.39 is 60.0 Å². The average Bonchev–Trinajstić information content (AvgIpc) is 2.49. The molecule has 0 aromatic rings. The Morgan fingerprint density at radius 2 is 1.63 bits per heavy atom. The van der Waals surface area contributed by atoms with Gasteiger partial charge in [0.25, 0.3) is 0 Å². The predicted octanol–water partition coefficient (Wildman–Crippen LogP) is 4.35. The maximum absolute atomic E-state index is 14.7. The largest absolute Gasteiger partial charge is 0.452 e. The van der Waals surface area contributed by atoms with Gasteiger partial charge in [0.15, 0.2) is 11.7 Å². The minimum absolute atomic E-state index is 0.0138. The third-order valence-corrected chi connectivity index (χ3v) is 4.87. The summed E-state index contributed by atoms with van der Waals surface area (Å²) in [5, 5.41) is 9.52. The zero-order chi connectivity index (χ0) is 21.7. The number of alkyl halides is 8. The summed E-state index contributed by atoms with van der Waals surface area (Å²) >= 11 is 0. The zero-order valence-electron chi connectivity index (χ0n) is 14.9. The molecule has 0 aliphatic carbocycles. The maximum Gasteiger partial charge on any atom is 0.449 e. The van der Waals surface area contributed by atoms with Crippen LogP contribution < -0.4 is 0 Å². The molecule has 0 bridgehead atoms. The molecule has 1 N–H and O–H groups in total. The van der Waals surface area contributed by atoms with Crippen LogP contribution >= 0.6 is 0 Å². The van der Waals surface area contributed by atoms with Crippen LogP contribution in [0.2, 0.25) is 0 Å². The number of rotatable bonds is 4. The van der Waals surface area contributed by atoms with Crippen molar-refractivity contribution in [3.05, 3.63) is 0 Å². The molecule has 0 radical (unpaired) electrons. The molecule has 4 nitrogen and oxygen atoms in total. The molecule has 1 heterocycles. The van der Waals surface area contributed by atoms with Gasteiger partial charge >= 0.3 is 30.0 Å². The predicted molar refractivity (Wildman–Crippen MR) is 74.7 cm³/mol. The molecule has 0 aromatic carbocycles. The van der Waals surface area contributed by atoms with Crippen molar-refractivity contribution in [2.75, 3.05) is 0 Å². The second-order valence-electron chi connectivity index (χ2n) is 7.04. The van der Waals surface area contributed by atoms with Crippen LogP contribution in [0, 0.1) is 5.41 Å². The lowest BCUT2D eigenvalue weighted by Crippen LogP contribution is -2.76. The van der Waals surface area contributed by atoms with Crippen molar-refractivity contribution in [3.8, 4) is 0 Å². The number of carbonyl (C=O) groups is 1. The lowest BCUT2D eigenvalue weighted by Gasteiger charge is -2.53. The highest BCUT2D eigenvalue weighted by Gasteiger charge is 2.83. The van der Waals surface area contributed by atoms with E-state index in [0.29, 0.717) is 0 Å². The zero-order valence-corrected chi connectivity index (χ0v) is 14.9. The topological polar surface area (TPSA) is 55.8 Å². The van der Waals surface area contributed by atoms with E-state index in [1.165, 1.54) is 20.8 Å². The smallest absolute Gasteiger partial charge is 0.449 e. The molecule has 1 aliphatic heterocycles. The Morgan fingerprint density at radius 3 is 1.96 bits per heavy atom. The highest BCUT2D eigenvalue weighted by Crippen LogP contribution is 2.58. The lowest BCUT2D eigenvalue weighted by molar-refractivity contribution is -0.497. The Morgan fingerprint density at radius 1 is 1.15 bits per heavy atom. The average molecular weight is 416 g/mol. The second kappa shape index (κ2) is 6.71. The summed E-state index contributed by atoms with van der Waals surface area (Å²) in [6, 6.07) is 0. The normalized spacial score (nSPS) is 32.3. The summed E-state index contributed by atoms with van der Waals surface area (Å²) in [6.07, 6.45) is -18.2. The van der Waals surface area contributed by atoms with Gasteiger partial charge in [-0.3, -0.25) is 4.79 Å². The van der Waals surface area contributed by atoms with E-state index in [1.54, 1.807) is 0 Å². The van der Waals surface area contributed by atoms with Crippen LogP contribution in [0.25, 0.3) is 0 Å². The van der Waals surface area contributed by atoms with Gasteiger partial charge in [0.1, 0.15) is 0 Å². The van der Waals surface area contributed by atoms with Gasteiger partial charge in [-0.1, -0.05) is 13.8 Å². The van der Waals surface area contributed by atoms with Crippen molar-refractivity contribution < 1.29 is 54.5 Å². The van der Waals surface area contributed by atoms with Gasteiger partial charge in [-0.25, -0.2) is 0 Å². The number of aliphatic hydroxyl groups is 1. The van der Waals surface area contributed by atoms with E-state index >= 15 is 0 Å². The second-order valence-corrected chi connectivity index (χ2v) is 7.04. The van der Waals surface area contributed by atoms with Crippen LogP contribution in [-0.2, 0) is 14.3 Å². The van der Waals surface area contributed by atoms with Crippen LogP contribution in [0.1, 0.15) is 47.0 Å². The van der Waals surface area contributed by atoms with Crippen LogP contribution in [0.3, 0.4) is 0 Å². The van der Waals surface area contributed by atoms with E-state index in [9.17, 15) is 45.0 Å². The fourth-order valence-corrected chi connectivity index (χ4v) is 2.49. The fourth-order valence-electron chi connectivity index (χ4n) is 2.49. The summed E-state index contributed by atoms with van der Waals surface area (Å²) in [5.41, 5.74) is -5.04. The molecular weight excluding hydrogens is 396 g/mol. The molecule has 3 unspecified atom stereocenters. The molecule has 0 spiro atoms. The van der Waals surface area contributed by atoms with Crippen molar-refractivity contribution >= 4 is 5.97 Å². The number of halogens is 8. The van der Waals surface area contributed by atoms with Crippen LogP contribution in [0.15, 0.2) is 0 Å². The summed E-state index contributed by atoms with van der Waals surface area (Å²) in [7, 11) is 0. The van der Waals surface area contributed by atoms with Gasteiger partial charge in [0, 0.05) is 6.42 Å². The Labute approximate surface area is 149 Å².